The molecule has 1 N–H and O–H groups in total. The first kappa shape index (κ1) is 22.4. The fourth-order valence-corrected chi connectivity index (χ4v) is 4.19. The normalized spacial score (nSPS) is 11.4. The number of carbonyl (C=O) groups is 1. The van der Waals surface area contributed by atoms with Crippen molar-refractivity contribution in [1.82, 2.24) is 5.32 Å². The zero-order chi connectivity index (χ0) is 22.1. The van der Waals surface area contributed by atoms with E-state index in [1.807, 2.05) is 60.7 Å². The Kier molecular flexibility index (Phi) is 8.11. The lowest BCUT2D eigenvalue weighted by Gasteiger charge is -2.15. The summed E-state index contributed by atoms with van der Waals surface area (Å²) in [6.07, 6.45) is 5.25. The number of thiophene rings is 1. The maximum Gasteiger partial charge on any atom is 0.254 e. The number of amides is 1. The van der Waals surface area contributed by atoms with Gasteiger partial charge in [0.15, 0.2) is 17.6 Å². The smallest absolute Gasteiger partial charge is 0.254 e. The van der Waals surface area contributed by atoms with E-state index in [2.05, 4.69) is 11.2 Å². The summed E-state index contributed by atoms with van der Waals surface area (Å²) in [7, 11) is 3.20. The molecule has 1 amide bonds. The van der Waals surface area contributed by atoms with Crippen molar-refractivity contribution < 1.29 is 19.0 Å². The molecule has 0 saturated heterocycles. The van der Waals surface area contributed by atoms with Crippen LogP contribution in [-0.4, -0.2) is 33.3 Å². The topological polar surface area (TPSA) is 56.8 Å². The summed E-state index contributed by atoms with van der Waals surface area (Å²) in [6.45, 7) is 0.521. The average Bonchev–Trinajstić information content (AvgIpc) is 3.29. The highest BCUT2D eigenvalue weighted by Crippen LogP contribution is 2.33. The third-order valence-corrected chi connectivity index (χ3v) is 5.85. The Labute approximate surface area is 187 Å². The lowest BCUT2D eigenvalue weighted by Crippen LogP contribution is -2.32. The first-order chi connectivity index (χ1) is 15.2. The minimum Gasteiger partial charge on any atom is -0.493 e. The quantitative estimate of drug-likeness (QED) is 0.477. The molecule has 1 atom stereocenters. The van der Waals surface area contributed by atoms with Gasteiger partial charge in [0.1, 0.15) is 6.61 Å². The maximum absolute atomic E-state index is 12.9. The Morgan fingerprint density at radius 1 is 1.06 bits per heavy atom. The minimum absolute atomic E-state index is 0.0618. The van der Waals surface area contributed by atoms with Crippen LogP contribution in [0.25, 0.3) is 10.4 Å². The van der Waals surface area contributed by atoms with Crippen molar-refractivity contribution in [3.63, 3.8) is 0 Å². The van der Waals surface area contributed by atoms with E-state index >= 15 is 0 Å². The first-order valence-corrected chi connectivity index (χ1v) is 10.7. The Balaban J connectivity index is 1.65. The van der Waals surface area contributed by atoms with Crippen molar-refractivity contribution in [1.29, 1.82) is 0 Å². The lowest BCUT2D eigenvalue weighted by atomic mass is 10.1. The molecule has 0 radical (unpaired) electrons. The minimum atomic E-state index is -0.746. The van der Waals surface area contributed by atoms with Crippen LogP contribution in [-0.2, 0) is 16.0 Å². The van der Waals surface area contributed by atoms with Crippen molar-refractivity contribution in [2.24, 2.45) is 0 Å². The summed E-state index contributed by atoms with van der Waals surface area (Å²) < 4.78 is 16.3. The highest BCUT2D eigenvalue weighted by Gasteiger charge is 2.23. The van der Waals surface area contributed by atoms with Crippen LogP contribution < -0.4 is 14.8 Å². The van der Waals surface area contributed by atoms with Gasteiger partial charge in [0, 0.05) is 16.3 Å². The Morgan fingerprint density at radius 3 is 2.55 bits per heavy atom. The van der Waals surface area contributed by atoms with Crippen molar-refractivity contribution in [3.05, 3.63) is 71.1 Å². The molecule has 0 aliphatic rings. The number of benzene rings is 2. The van der Waals surface area contributed by atoms with Crippen LogP contribution in [0.1, 0.15) is 16.5 Å². The molecule has 160 valence electrons. The van der Waals surface area contributed by atoms with Crippen LogP contribution in [0.4, 0.5) is 0 Å². The molecule has 0 fully saturated rings. The zero-order valence-corrected chi connectivity index (χ0v) is 18.4. The molecule has 0 bridgehead atoms. The van der Waals surface area contributed by atoms with Crippen LogP contribution in [0.2, 0.25) is 0 Å². The second-order valence-corrected chi connectivity index (χ2v) is 7.81. The van der Waals surface area contributed by atoms with Gasteiger partial charge in [-0.1, -0.05) is 42.3 Å². The predicted octanol–water partition coefficient (Wildman–Crippen LogP) is 4.48. The van der Waals surface area contributed by atoms with Gasteiger partial charge in [0.25, 0.3) is 5.91 Å². The van der Waals surface area contributed by atoms with Gasteiger partial charge in [-0.25, -0.2) is 0 Å². The second kappa shape index (κ2) is 11.2. The second-order valence-electron chi connectivity index (χ2n) is 6.69. The summed E-state index contributed by atoms with van der Waals surface area (Å²) in [5.74, 6) is 3.56. The number of carbonyl (C=O) groups excluding carboxylic acids is 1. The summed E-state index contributed by atoms with van der Waals surface area (Å²) in [5, 5.41) is 2.96. The molecule has 2 aromatic carbocycles. The van der Waals surface area contributed by atoms with Gasteiger partial charge in [-0.2, -0.15) is 0 Å². The lowest BCUT2D eigenvalue weighted by molar-refractivity contribution is -0.132. The Morgan fingerprint density at radius 2 is 1.84 bits per heavy atom. The highest BCUT2D eigenvalue weighted by molar-refractivity contribution is 7.15. The molecule has 31 heavy (non-hydrogen) atoms. The third kappa shape index (κ3) is 5.88. The summed E-state index contributed by atoms with van der Waals surface area (Å²) in [6, 6.07) is 19.7. The molecule has 0 saturated carbocycles. The molecule has 1 unspecified atom stereocenters. The molecule has 1 aromatic heterocycles. The van der Waals surface area contributed by atoms with Gasteiger partial charge in [0.2, 0.25) is 0 Å². The molecular formula is C25H25NO4S. The van der Waals surface area contributed by atoms with Gasteiger partial charge in [-0.3, -0.25) is 4.79 Å². The zero-order valence-electron chi connectivity index (χ0n) is 17.6. The summed E-state index contributed by atoms with van der Waals surface area (Å²) >= 11 is 1.53. The summed E-state index contributed by atoms with van der Waals surface area (Å²) in [5.41, 5.74) is 2.13. The van der Waals surface area contributed by atoms with E-state index in [-0.39, 0.29) is 12.5 Å². The van der Waals surface area contributed by atoms with Crippen LogP contribution in [0.3, 0.4) is 0 Å². The number of ether oxygens (including phenoxy) is 3. The van der Waals surface area contributed by atoms with E-state index in [1.165, 1.54) is 11.3 Å². The summed E-state index contributed by atoms with van der Waals surface area (Å²) in [4.78, 5) is 14.8. The molecule has 1 heterocycles. The van der Waals surface area contributed by atoms with Crippen LogP contribution in [0.5, 0.6) is 11.5 Å². The largest absolute Gasteiger partial charge is 0.493 e. The highest BCUT2D eigenvalue weighted by atomic mass is 32.1. The maximum atomic E-state index is 12.9. The van der Waals surface area contributed by atoms with E-state index in [4.69, 9.17) is 20.6 Å². The van der Waals surface area contributed by atoms with Crippen LogP contribution in [0, 0.1) is 12.3 Å². The van der Waals surface area contributed by atoms with Crippen molar-refractivity contribution in [2.45, 2.75) is 12.5 Å². The molecule has 0 aliphatic carbocycles. The van der Waals surface area contributed by atoms with Gasteiger partial charge in [0.05, 0.1) is 14.2 Å². The third-order valence-electron chi connectivity index (χ3n) is 4.68. The monoisotopic (exact) mass is 435 g/mol. The number of nitrogens with one attached hydrogen (secondary N) is 1. The van der Waals surface area contributed by atoms with Crippen LogP contribution >= 0.6 is 11.3 Å². The molecule has 0 spiro atoms. The van der Waals surface area contributed by atoms with Crippen molar-refractivity contribution in [2.75, 3.05) is 27.4 Å². The fraction of sp³-hybridized carbons (Fsp3) is 0.240. The van der Waals surface area contributed by atoms with E-state index in [9.17, 15) is 4.79 Å². The Bertz CT molecular complexity index is 1040. The number of rotatable bonds is 10. The van der Waals surface area contributed by atoms with Gasteiger partial charge in [-0.15, -0.1) is 17.8 Å². The number of methoxy groups -OCH3 is 2. The molecule has 6 heteroatoms. The fourth-order valence-electron chi connectivity index (χ4n) is 3.13. The standard InChI is InChI=1S/C25H25NO4S/c1-4-16-30-24(23-13-12-22(31-23)19-8-6-5-7-9-19)25(27)26-15-14-18-10-11-20(28-2)21(17-18)29-3/h1,5-13,17,24H,14-16H2,2-3H3,(H,26,27). The van der Waals surface area contributed by atoms with E-state index in [0.29, 0.717) is 24.5 Å². The number of terminal acetylenes is 1. The molecule has 5 nitrogen and oxygen atoms in total. The average molecular weight is 436 g/mol. The van der Waals surface area contributed by atoms with Crippen molar-refractivity contribution in [3.8, 4) is 34.3 Å². The van der Waals surface area contributed by atoms with E-state index in [1.54, 1.807) is 14.2 Å². The Hall–Kier alpha value is -3.27. The number of hydrogen-bond donors (Lipinski definition) is 1. The number of hydrogen-bond acceptors (Lipinski definition) is 5. The SMILES string of the molecule is C#CCOC(C(=O)NCCc1ccc(OC)c(OC)c1)c1ccc(-c2ccccc2)s1. The van der Waals surface area contributed by atoms with E-state index < -0.39 is 6.10 Å². The predicted molar refractivity (Wildman–Crippen MR) is 124 cm³/mol. The van der Waals surface area contributed by atoms with Gasteiger partial charge in [-0.05, 0) is 41.8 Å². The van der Waals surface area contributed by atoms with E-state index in [0.717, 1.165) is 20.9 Å². The molecule has 0 aliphatic heterocycles. The molecule has 3 aromatic rings. The van der Waals surface area contributed by atoms with Crippen LogP contribution in [0.15, 0.2) is 60.7 Å². The molecule has 3 rings (SSSR count). The molecular weight excluding hydrogens is 410 g/mol. The van der Waals surface area contributed by atoms with Gasteiger partial charge >= 0.3 is 0 Å². The first-order valence-electron chi connectivity index (χ1n) is 9.85. The van der Waals surface area contributed by atoms with Gasteiger partial charge < -0.3 is 19.5 Å². The van der Waals surface area contributed by atoms with Crippen molar-refractivity contribution >= 4 is 17.2 Å².